The van der Waals surface area contributed by atoms with Crippen LogP contribution in [0, 0.1) is 5.41 Å². The predicted molar refractivity (Wildman–Crippen MR) is 76.2 cm³/mol. The van der Waals surface area contributed by atoms with E-state index < -0.39 is 0 Å². The van der Waals surface area contributed by atoms with Crippen LogP contribution in [0.5, 0.6) is 0 Å². The largest absolute Gasteiger partial charge is 0.444 e. The summed E-state index contributed by atoms with van der Waals surface area (Å²) in [6, 6.07) is 0.673. The SMILES string of the molecule is CCCCNC1CC2(C1)CN(C(=O)OC(C)(C)C)C2. The lowest BCUT2D eigenvalue weighted by Crippen LogP contribution is -2.67. The Morgan fingerprint density at radius 1 is 1.37 bits per heavy atom. The molecule has 0 unspecified atom stereocenters. The summed E-state index contributed by atoms with van der Waals surface area (Å²) in [4.78, 5) is 13.7. The van der Waals surface area contributed by atoms with Crippen molar-refractivity contribution in [2.45, 2.75) is 65.0 Å². The summed E-state index contributed by atoms with van der Waals surface area (Å²) < 4.78 is 5.38. The Kier molecular flexibility index (Phi) is 4.09. The van der Waals surface area contributed by atoms with Crippen LogP contribution < -0.4 is 5.32 Å². The van der Waals surface area contributed by atoms with E-state index in [-0.39, 0.29) is 11.7 Å². The zero-order chi connectivity index (χ0) is 14.1. The molecule has 0 aromatic rings. The van der Waals surface area contributed by atoms with Crippen LogP contribution >= 0.6 is 0 Å². The van der Waals surface area contributed by atoms with Gasteiger partial charge in [-0.05, 0) is 46.6 Å². The quantitative estimate of drug-likeness (QED) is 0.797. The van der Waals surface area contributed by atoms with Gasteiger partial charge >= 0.3 is 6.09 Å². The molecule has 1 N–H and O–H groups in total. The number of nitrogens with zero attached hydrogens (tertiary/aromatic N) is 1. The summed E-state index contributed by atoms with van der Waals surface area (Å²) in [5, 5.41) is 3.59. The summed E-state index contributed by atoms with van der Waals surface area (Å²) in [7, 11) is 0. The van der Waals surface area contributed by atoms with Gasteiger partial charge in [-0.25, -0.2) is 4.79 Å². The van der Waals surface area contributed by atoms with Crippen LogP contribution in [-0.2, 0) is 4.74 Å². The zero-order valence-electron chi connectivity index (χ0n) is 12.8. The average molecular weight is 268 g/mol. The van der Waals surface area contributed by atoms with Crippen molar-refractivity contribution < 1.29 is 9.53 Å². The van der Waals surface area contributed by atoms with Crippen molar-refractivity contribution in [1.29, 1.82) is 0 Å². The lowest BCUT2D eigenvalue weighted by atomic mass is 9.61. The van der Waals surface area contributed by atoms with Crippen molar-refractivity contribution in [2.24, 2.45) is 5.41 Å². The van der Waals surface area contributed by atoms with Gasteiger partial charge in [-0.3, -0.25) is 0 Å². The van der Waals surface area contributed by atoms with Gasteiger partial charge < -0.3 is 15.0 Å². The Morgan fingerprint density at radius 3 is 2.53 bits per heavy atom. The van der Waals surface area contributed by atoms with Crippen LogP contribution in [0.3, 0.4) is 0 Å². The van der Waals surface area contributed by atoms with E-state index >= 15 is 0 Å². The van der Waals surface area contributed by atoms with Gasteiger partial charge in [-0.2, -0.15) is 0 Å². The second-order valence-corrected chi connectivity index (χ2v) is 7.25. The van der Waals surface area contributed by atoms with Crippen LogP contribution in [0.15, 0.2) is 0 Å². The Bertz CT molecular complexity index is 322. The number of hydrogen-bond donors (Lipinski definition) is 1. The molecule has 110 valence electrons. The monoisotopic (exact) mass is 268 g/mol. The molecule has 0 bridgehead atoms. The fraction of sp³-hybridized carbons (Fsp3) is 0.933. The minimum Gasteiger partial charge on any atom is -0.444 e. The smallest absolute Gasteiger partial charge is 0.410 e. The number of nitrogens with one attached hydrogen (secondary N) is 1. The van der Waals surface area contributed by atoms with Gasteiger partial charge in [0, 0.05) is 24.5 Å². The van der Waals surface area contributed by atoms with E-state index in [2.05, 4.69) is 12.2 Å². The van der Waals surface area contributed by atoms with E-state index in [4.69, 9.17) is 4.74 Å². The van der Waals surface area contributed by atoms with E-state index in [1.165, 1.54) is 25.7 Å². The van der Waals surface area contributed by atoms with E-state index in [9.17, 15) is 4.79 Å². The maximum atomic E-state index is 11.8. The fourth-order valence-electron chi connectivity index (χ4n) is 3.09. The minimum atomic E-state index is -0.385. The van der Waals surface area contributed by atoms with Gasteiger partial charge in [0.15, 0.2) is 0 Å². The first kappa shape index (κ1) is 14.6. The molecule has 2 aliphatic rings. The molecular weight excluding hydrogens is 240 g/mol. The third kappa shape index (κ3) is 3.62. The Labute approximate surface area is 116 Å². The van der Waals surface area contributed by atoms with Crippen LogP contribution in [-0.4, -0.2) is 42.3 Å². The van der Waals surface area contributed by atoms with Gasteiger partial charge in [0.2, 0.25) is 0 Å². The van der Waals surface area contributed by atoms with Crippen LogP contribution in [0.4, 0.5) is 4.79 Å². The van der Waals surface area contributed by atoms with Gasteiger partial charge in [0.1, 0.15) is 5.60 Å². The van der Waals surface area contributed by atoms with Gasteiger partial charge in [-0.1, -0.05) is 13.3 Å². The second-order valence-electron chi connectivity index (χ2n) is 7.25. The fourth-order valence-corrected chi connectivity index (χ4v) is 3.09. The highest BCUT2D eigenvalue weighted by atomic mass is 16.6. The zero-order valence-corrected chi connectivity index (χ0v) is 12.8. The van der Waals surface area contributed by atoms with Gasteiger partial charge in [0.05, 0.1) is 0 Å². The Morgan fingerprint density at radius 2 is 2.00 bits per heavy atom. The van der Waals surface area contributed by atoms with Gasteiger partial charge in [0.25, 0.3) is 0 Å². The van der Waals surface area contributed by atoms with Gasteiger partial charge in [-0.15, -0.1) is 0 Å². The molecule has 2 fully saturated rings. The highest BCUT2D eigenvalue weighted by Gasteiger charge is 2.54. The van der Waals surface area contributed by atoms with Crippen LogP contribution in [0.2, 0.25) is 0 Å². The summed E-state index contributed by atoms with van der Waals surface area (Å²) in [5.74, 6) is 0. The van der Waals surface area contributed by atoms with E-state index in [0.29, 0.717) is 11.5 Å². The lowest BCUT2D eigenvalue weighted by Gasteiger charge is -2.58. The molecule has 4 heteroatoms. The molecule has 1 saturated heterocycles. The van der Waals surface area contributed by atoms with Crippen molar-refractivity contribution in [1.82, 2.24) is 10.2 Å². The number of ether oxygens (including phenoxy) is 1. The molecule has 0 aromatic carbocycles. The number of amides is 1. The number of carbonyl (C=O) groups excluding carboxylic acids is 1. The topological polar surface area (TPSA) is 41.6 Å². The summed E-state index contributed by atoms with van der Waals surface area (Å²) >= 11 is 0. The van der Waals surface area contributed by atoms with Crippen molar-refractivity contribution >= 4 is 6.09 Å². The maximum absolute atomic E-state index is 11.8. The van der Waals surface area contributed by atoms with Crippen LogP contribution in [0.25, 0.3) is 0 Å². The van der Waals surface area contributed by atoms with E-state index in [1.54, 1.807) is 0 Å². The molecule has 0 radical (unpaired) electrons. The highest BCUT2D eigenvalue weighted by Crippen LogP contribution is 2.48. The number of unbranched alkanes of at least 4 members (excludes halogenated alkanes) is 1. The first-order chi connectivity index (χ1) is 8.84. The van der Waals surface area contributed by atoms with Crippen molar-refractivity contribution in [3.63, 3.8) is 0 Å². The number of carbonyl (C=O) groups is 1. The first-order valence-electron chi connectivity index (χ1n) is 7.55. The van der Waals surface area contributed by atoms with Crippen molar-refractivity contribution in [3.05, 3.63) is 0 Å². The predicted octanol–water partition coefficient (Wildman–Crippen LogP) is 2.78. The Balaban J connectivity index is 1.63. The number of rotatable bonds is 4. The number of hydrogen-bond acceptors (Lipinski definition) is 3. The molecule has 0 atom stereocenters. The van der Waals surface area contributed by atoms with Crippen LogP contribution in [0.1, 0.15) is 53.4 Å². The van der Waals surface area contributed by atoms with E-state index in [1.807, 2.05) is 25.7 Å². The maximum Gasteiger partial charge on any atom is 0.410 e. The highest BCUT2D eigenvalue weighted by molar-refractivity contribution is 5.69. The van der Waals surface area contributed by atoms with Crippen molar-refractivity contribution in [2.75, 3.05) is 19.6 Å². The average Bonchev–Trinajstić information content (AvgIpc) is 2.15. The molecule has 0 aromatic heterocycles. The third-order valence-corrected chi connectivity index (χ3v) is 4.03. The molecule has 1 heterocycles. The third-order valence-electron chi connectivity index (χ3n) is 4.03. The molecule has 1 aliphatic heterocycles. The molecule has 1 aliphatic carbocycles. The normalized spacial score (nSPS) is 22.0. The molecule has 1 saturated carbocycles. The molecular formula is C15H28N2O2. The standard InChI is InChI=1S/C15H28N2O2/c1-5-6-7-16-12-8-15(9-12)10-17(11-15)13(18)19-14(2,3)4/h12,16H,5-11H2,1-4H3. The summed E-state index contributed by atoms with van der Waals surface area (Å²) in [6.45, 7) is 10.9. The lowest BCUT2D eigenvalue weighted by molar-refractivity contribution is -0.0827. The summed E-state index contributed by atoms with van der Waals surface area (Å²) in [6.07, 6.45) is 4.79. The molecule has 2 rings (SSSR count). The van der Waals surface area contributed by atoms with E-state index in [0.717, 1.165) is 19.6 Å². The Hall–Kier alpha value is -0.770. The van der Waals surface area contributed by atoms with Crippen molar-refractivity contribution in [3.8, 4) is 0 Å². The summed E-state index contributed by atoms with van der Waals surface area (Å²) in [5.41, 5.74) is 0.0183. The first-order valence-corrected chi connectivity index (χ1v) is 7.55. The number of likely N-dealkylation sites (tertiary alicyclic amines) is 1. The molecule has 4 nitrogen and oxygen atoms in total. The minimum absolute atomic E-state index is 0.152. The second kappa shape index (κ2) is 5.31. The molecule has 1 amide bonds. The molecule has 19 heavy (non-hydrogen) atoms. The molecule has 1 spiro atoms.